The lowest BCUT2D eigenvalue weighted by atomic mass is 9.76. The van der Waals surface area contributed by atoms with E-state index in [1.54, 1.807) is 13.1 Å². The number of esters is 1. The minimum Gasteiger partial charge on any atom is -0.493 e. The van der Waals surface area contributed by atoms with Gasteiger partial charge in [0.1, 0.15) is 17.2 Å². The monoisotopic (exact) mass is 738 g/mol. The third kappa shape index (κ3) is 9.23. The Morgan fingerprint density at radius 1 is 0.755 bits per heavy atom. The van der Waals surface area contributed by atoms with E-state index in [1.807, 2.05) is 34.6 Å². The van der Waals surface area contributed by atoms with E-state index in [2.05, 4.69) is 0 Å². The van der Waals surface area contributed by atoms with Gasteiger partial charge >= 0.3 is 5.97 Å². The van der Waals surface area contributed by atoms with Crippen LogP contribution in [-0.4, -0.2) is 84.6 Å². The van der Waals surface area contributed by atoms with E-state index in [4.69, 9.17) is 23.7 Å². The van der Waals surface area contributed by atoms with E-state index < -0.39 is 55.9 Å². The van der Waals surface area contributed by atoms with E-state index in [1.165, 1.54) is 50.6 Å². The number of nitrogens with zero attached hydrogens (tertiary/aromatic N) is 4. The Labute approximate surface area is 307 Å². The molecule has 1 atom stereocenters. The van der Waals surface area contributed by atoms with Crippen LogP contribution in [0.4, 0.5) is 11.4 Å². The number of hydrogen-bond acceptors (Lipinski definition) is 12. The summed E-state index contributed by atoms with van der Waals surface area (Å²) >= 11 is 0. The highest BCUT2D eigenvalue weighted by Gasteiger charge is 2.38. The molecule has 0 fully saturated rings. The van der Waals surface area contributed by atoms with Gasteiger partial charge in [-0.05, 0) is 37.5 Å². The molecule has 0 radical (unpaired) electrons. The first kappa shape index (κ1) is 40.1. The Balaban J connectivity index is 1.50. The number of benzene rings is 2. The number of rotatable bonds is 15. The van der Waals surface area contributed by atoms with Crippen LogP contribution in [0.1, 0.15) is 81.5 Å². The van der Waals surface area contributed by atoms with E-state index in [-0.39, 0.29) is 53.8 Å². The first-order chi connectivity index (χ1) is 24.8. The molecule has 0 spiro atoms. The Hall–Kier alpha value is -5.67. The lowest BCUT2D eigenvalue weighted by Crippen LogP contribution is -2.39. The summed E-state index contributed by atoms with van der Waals surface area (Å²) in [6.45, 7) is 12.0. The van der Waals surface area contributed by atoms with Crippen LogP contribution < -0.4 is 18.9 Å². The predicted octanol–water partition coefficient (Wildman–Crippen LogP) is 6.46. The van der Waals surface area contributed by atoms with Crippen molar-refractivity contribution < 1.29 is 47.9 Å². The molecule has 0 aromatic heterocycles. The molecule has 0 N–H and O–H groups in total. The van der Waals surface area contributed by atoms with E-state index in [0.717, 1.165) is 22.1 Å². The molecule has 53 heavy (non-hydrogen) atoms. The average molecular weight is 739 g/mol. The Bertz CT molecular complexity index is 1870. The van der Waals surface area contributed by atoms with Gasteiger partial charge in [-0.15, -0.1) is 0 Å². The van der Waals surface area contributed by atoms with Crippen molar-refractivity contribution in [2.45, 2.75) is 66.8 Å². The SMILES string of the molecule is COC(=O)C1CC(C)=CN1C(=O)c1cc(OC)c(OCC(C)(C)CC(C)(C)COc2cc([N+](=O)[O-])c(C(=O)N3C=C(C)CC3)cc2OC)cc1[N+](=O)[O-]. The molecule has 16 nitrogen and oxygen atoms in total. The van der Waals surface area contributed by atoms with Gasteiger partial charge in [0.15, 0.2) is 23.0 Å². The third-order valence-corrected chi connectivity index (χ3v) is 8.91. The molecular formula is C37H46N4O12. The molecule has 2 aromatic rings. The number of methoxy groups -OCH3 is 3. The number of nitro groups is 2. The lowest BCUT2D eigenvalue weighted by Gasteiger charge is -2.34. The molecule has 16 heteroatoms. The summed E-state index contributed by atoms with van der Waals surface area (Å²) in [5.41, 5.74) is -0.687. The van der Waals surface area contributed by atoms with Gasteiger partial charge in [-0.3, -0.25) is 29.8 Å². The maximum absolute atomic E-state index is 13.6. The average Bonchev–Trinajstić information content (AvgIpc) is 3.72. The lowest BCUT2D eigenvalue weighted by molar-refractivity contribution is -0.385. The summed E-state index contributed by atoms with van der Waals surface area (Å²) in [5.74, 6) is -1.51. The molecule has 2 aliphatic heterocycles. The van der Waals surface area contributed by atoms with Gasteiger partial charge < -0.3 is 33.5 Å². The predicted molar refractivity (Wildman–Crippen MR) is 192 cm³/mol. The van der Waals surface area contributed by atoms with Gasteiger partial charge in [-0.1, -0.05) is 38.8 Å². The molecule has 0 bridgehead atoms. The Morgan fingerprint density at radius 3 is 1.66 bits per heavy atom. The van der Waals surface area contributed by atoms with Crippen molar-refractivity contribution in [3.05, 3.63) is 79.2 Å². The zero-order valence-corrected chi connectivity index (χ0v) is 31.5. The van der Waals surface area contributed by atoms with Crippen molar-refractivity contribution in [1.82, 2.24) is 9.80 Å². The molecule has 0 saturated heterocycles. The fraction of sp³-hybridized carbons (Fsp3) is 0.486. The van der Waals surface area contributed by atoms with Crippen LogP contribution in [0.3, 0.4) is 0 Å². The van der Waals surface area contributed by atoms with Crippen LogP contribution >= 0.6 is 0 Å². The zero-order chi connectivity index (χ0) is 39.4. The summed E-state index contributed by atoms with van der Waals surface area (Å²) in [6.07, 6.45) is 4.57. The normalized spacial score (nSPS) is 15.8. The highest BCUT2D eigenvalue weighted by Crippen LogP contribution is 2.41. The smallest absolute Gasteiger partial charge is 0.329 e. The van der Waals surface area contributed by atoms with Crippen molar-refractivity contribution in [2.75, 3.05) is 41.1 Å². The molecule has 2 aliphatic rings. The van der Waals surface area contributed by atoms with Gasteiger partial charge in [-0.25, -0.2) is 4.79 Å². The third-order valence-electron chi connectivity index (χ3n) is 8.91. The van der Waals surface area contributed by atoms with Crippen molar-refractivity contribution >= 4 is 29.2 Å². The second-order valence-electron chi connectivity index (χ2n) is 14.8. The van der Waals surface area contributed by atoms with Gasteiger partial charge in [0.25, 0.3) is 23.2 Å². The molecular weight excluding hydrogens is 692 g/mol. The minimum atomic E-state index is -0.955. The number of ether oxygens (including phenoxy) is 5. The Morgan fingerprint density at radius 2 is 1.25 bits per heavy atom. The largest absolute Gasteiger partial charge is 0.493 e. The number of hydrogen-bond donors (Lipinski definition) is 0. The van der Waals surface area contributed by atoms with E-state index >= 15 is 0 Å². The molecule has 0 aliphatic carbocycles. The maximum Gasteiger partial charge on any atom is 0.329 e. The molecule has 0 saturated carbocycles. The highest BCUT2D eigenvalue weighted by atomic mass is 16.6. The van der Waals surface area contributed by atoms with Crippen molar-refractivity contribution in [1.29, 1.82) is 0 Å². The second-order valence-corrected chi connectivity index (χ2v) is 14.8. The molecule has 1 unspecified atom stereocenters. The van der Waals surface area contributed by atoms with Crippen molar-refractivity contribution in [3.8, 4) is 23.0 Å². The summed E-state index contributed by atoms with van der Waals surface area (Å²) < 4.78 is 28.0. The van der Waals surface area contributed by atoms with Gasteiger partial charge in [-0.2, -0.15) is 0 Å². The molecule has 286 valence electrons. The molecule has 2 amide bonds. The quantitative estimate of drug-likeness (QED) is 0.110. The standard InChI is InChI=1S/C37H46N4O12/c1-22-10-11-38(17-22)33(42)24-13-29(49-7)31(15-26(24)40(45)46)52-20-36(3,4)19-37(5,6)21-53-32-16-27(41(47)48)25(14-30(32)50-8)34(43)39-18-23(2)12-28(39)35(44)51-9/h13-18,28H,10-12,19-21H2,1-9H3. The first-order valence-corrected chi connectivity index (χ1v) is 16.9. The van der Waals surface area contributed by atoms with Crippen molar-refractivity contribution in [2.24, 2.45) is 10.8 Å². The Kier molecular flexibility index (Phi) is 12.0. The first-order valence-electron chi connectivity index (χ1n) is 16.9. The van der Waals surface area contributed by atoms with Crippen LogP contribution in [0.2, 0.25) is 0 Å². The topological polar surface area (TPSA) is 190 Å². The fourth-order valence-electron chi connectivity index (χ4n) is 6.69. The summed E-state index contributed by atoms with van der Waals surface area (Å²) in [5, 5.41) is 24.2. The summed E-state index contributed by atoms with van der Waals surface area (Å²) in [4.78, 5) is 64.6. The van der Waals surface area contributed by atoms with E-state index in [9.17, 15) is 34.6 Å². The van der Waals surface area contributed by atoms with Crippen LogP contribution in [0, 0.1) is 31.1 Å². The van der Waals surface area contributed by atoms with Gasteiger partial charge in [0.2, 0.25) is 0 Å². The summed E-state index contributed by atoms with van der Waals surface area (Å²) in [6, 6.07) is 3.93. The molecule has 4 rings (SSSR count). The van der Waals surface area contributed by atoms with Crippen LogP contribution in [0.25, 0.3) is 0 Å². The molecule has 2 heterocycles. The fourth-order valence-corrected chi connectivity index (χ4v) is 6.69. The van der Waals surface area contributed by atoms with E-state index in [0.29, 0.717) is 19.4 Å². The minimum absolute atomic E-state index is 0.0433. The van der Waals surface area contributed by atoms with Gasteiger partial charge in [0, 0.05) is 37.5 Å². The number of carbonyl (C=O) groups excluding carboxylic acids is 3. The zero-order valence-electron chi connectivity index (χ0n) is 31.5. The number of amides is 2. The summed E-state index contributed by atoms with van der Waals surface area (Å²) in [7, 11) is 3.93. The van der Waals surface area contributed by atoms with Crippen LogP contribution in [-0.2, 0) is 9.53 Å². The van der Waals surface area contributed by atoms with Gasteiger partial charge in [0.05, 0.1) is 56.5 Å². The highest BCUT2D eigenvalue weighted by molar-refractivity contribution is 6.02. The number of nitro benzene ring substituents is 2. The van der Waals surface area contributed by atoms with Crippen LogP contribution in [0.5, 0.6) is 23.0 Å². The number of carbonyl (C=O) groups is 3. The molecule has 2 aromatic carbocycles. The van der Waals surface area contributed by atoms with Crippen molar-refractivity contribution in [3.63, 3.8) is 0 Å². The maximum atomic E-state index is 13.6. The second kappa shape index (κ2) is 15.9. The van der Waals surface area contributed by atoms with Crippen LogP contribution in [0.15, 0.2) is 47.8 Å².